The molecule has 2 atom stereocenters. The van der Waals surface area contributed by atoms with Crippen molar-refractivity contribution in [3.8, 4) is 0 Å². The first-order valence-corrected chi connectivity index (χ1v) is 11.3. The van der Waals surface area contributed by atoms with Gasteiger partial charge in [0.15, 0.2) is 6.61 Å². The molecule has 0 bridgehead atoms. The lowest BCUT2D eigenvalue weighted by Crippen LogP contribution is -2.39. The Balaban J connectivity index is 1.81. The van der Waals surface area contributed by atoms with Gasteiger partial charge in [0.25, 0.3) is 0 Å². The molecule has 2 aliphatic rings. The summed E-state index contributed by atoms with van der Waals surface area (Å²) < 4.78 is 10.9. The zero-order valence-corrected chi connectivity index (χ0v) is 19.3. The second-order valence-corrected chi connectivity index (χ2v) is 10.0. The number of rotatable bonds is 8. The Bertz CT molecular complexity index is 635. The fourth-order valence-corrected chi connectivity index (χ4v) is 4.47. The molecule has 0 aromatic rings. The smallest absolute Gasteiger partial charge is 0.344 e. The number of allylic oxidation sites excluding steroid dienone is 2. The summed E-state index contributed by atoms with van der Waals surface area (Å²) in [5.74, 6) is 0.406. The molecule has 29 heavy (non-hydrogen) atoms. The van der Waals surface area contributed by atoms with Crippen LogP contribution in [0.1, 0.15) is 86.5 Å². The van der Waals surface area contributed by atoms with Gasteiger partial charge in [0.05, 0.1) is 5.57 Å². The van der Waals surface area contributed by atoms with Crippen molar-refractivity contribution in [1.29, 1.82) is 0 Å². The van der Waals surface area contributed by atoms with Crippen LogP contribution < -0.4 is 0 Å². The minimum Gasteiger partial charge on any atom is -0.457 e. The molecule has 0 radical (unpaired) electrons. The molecule has 2 rings (SSSR count). The van der Waals surface area contributed by atoms with Gasteiger partial charge >= 0.3 is 11.9 Å². The normalized spacial score (nSPS) is 22.0. The Hall–Kier alpha value is -1.58. The van der Waals surface area contributed by atoms with E-state index in [4.69, 9.17) is 9.47 Å². The molecular weight excluding hydrogens is 364 g/mol. The zero-order valence-electron chi connectivity index (χ0n) is 19.3. The molecule has 4 nitrogen and oxygen atoms in total. The lowest BCUT2D eigenvalue weighted by molar-refractivity contribution is -0.171. The number of ether oxygens (including phenoxy) is 2. The topological polar surface area (TPSA) is 52.6 Å². The first kappa shape index (κ1) is 23.7. The van der Waals surface area contributed by atoms with E-state index in [1.807, 2.05) is 26.0 Å². The van der Waals surface area contributed by atoms with Crippen LogP contribution in [-0.4, -0.2) is 24.1 Å². The average Bonchev–Trinajstić information content (AvgIpc) is 2.72. The standard InChI is InChI=1S/C25H40O4/c1-7-24(3,4)18(2)19-13-15-20(16-14-19)23(27)28-17-22(26)29-25(5,6)21-11-9-8-10-12-21/h13,15-16,18-19,21H,7-12,14,17H2,1-6H3. The number of hydrogen-bond acceptors (Lipinski definition) is 4. The van der Waals surface area contributed by atoms with Crippen LogP contribution in [0, 0.1) is 23.2 Å². The lowest BCUT2D eigenvalue weighted by Gasteiger charge is -2.36. The lowest BCUT2D eigenvalue weighted by atomic mass is 9.69. The molecule has 0 N–H and O–H groups in total. The van der Waals surface area contributed by atoms with Crippen molar-refractivity contribution in [2.45, 2.75) is 92.1 Å². The summed E-state index contributed by atoms with van der Waals surface area (Å²) in [6.45, 7) is 12.7. The van der Waals surface area contributed by atoms with Crippen molar-refractivity contribution < 1.29 is 19.1 Å². The third-order valence-corrected chi connectivity index (χ3v) is 7.44. The van der Waals surface area contributed by atoms with Crippen molar-refractivity contribution >= 4 is 11.9 Å². The van der Waals surface area contributed by atoms with E-state index in [2.05, 4.69) is 33.8 Å². The SMILES string of the molecule is CCC(C)(C)C(C)C1C=CC(C(=O)OCC(=O)OC(C)(C)C2CCCCC2)=CC1. The van der Waals surface area contributed by atoms with Crippen LogP contribution in [0.3, 0.4) is 0 Å². The van der Waals surface area contributed by atoms with Crippen molar-refractivity contribution in [2.24, 2.45) is 23.2 Å². The minimum atomic E-state index is -0.511. The Morgan fingerprint density at radius 1 is 1.14 bits per heavy atom. The molecular formula is C25H40O4. The summed E-state index contributed by atoms with van der Waals surface area (Å²) >= 11 is 0. The maximum atomic E-state index is 12.3. The van der Waals surface area contributed by atoms with E-state index in [-0.39, 0.29) is 12.0 Å². The maximum Gasteiger partial charge on any atom is 0.344 e. The molecule has 0 saturated heterocycles. The second kappa shape index (κ2) is 9.95. The van der Waals surface area contributed by atoms with Crippen LogP contribution in [0.4, 0.5) is 0 Å². The van der Waals surface area contributed by atoms with Gasteiger partial charge < -0.3 is 9.47 Å². The molecule has 0 aromatic carbocycles. The Morgan fingerprint density at radius 2 is 1.79 bits per heavy atom. The van der Waals surface area contributed by atoms with Crippen LogP contribution in [0.2, 0.25) is 0 Å². The number of carbonyl (C=O) groups excluding carboxylic acids is 2. The highest BCUT2D eigenvalue weighted by molar-refractivity contribution is 5.93. The quantitative estimate of drug-likeness (QED) is 0.465. The molecule has 0 heterocycles. The molecule has 1 saturated carbocycles. The van der Waals surface area contributed by atoms with Crippen molar-refractivity contribution in [2.75, 3.05) is 6.61 Å². The number of carbonyl (C=O) groups is 2. The van der Waals surface area contributed by atoms with Crippen LogP contribution in [-0.2, 0) is 19.1 Å². The molecule has 1 fully saturated rings. The Kier molecular flexibility index (Phi) is 8.13. The van der Waals surface area contributed by atoms with Crippen molar-refractivity contribution in [3.63, 3.8) is 0 Å². The fourth-order valence-electron chi connectivity index (χ4n) is 4.47. The van der Waals surface area contributed by atoms with Crippen LogP contribution in [0.25, 0.3) is 0 Å². The molecule has 2 unspecified atom stereocenters. The van der Waals surface area contributed by atoms with Crippen LogP contribution in [0.15, 0.2) is 23.8 Å². The first-order valence-electron chi connectivity index (χ1n) is 11.3. The number of hydrogen-bond donors (Lipinski definition) is 0. The fraction of sp³-hybridized carbons (Fsp3) is 0.760. The second-order valence-electron chi connectivity index (χ2n) is 10.0. The summed E-state index contributed by atoms with van der Waals surface area (Å²) in [6, 6.07) is 0. The largest absolute Gasteiger partial charge is 0.457 e. The first-order chi connectivity index (χ1) is 13.6. The molecule has 2 aliphatic carbocycles. The third-order valence-electron chi connectivity index (χ3n) is 7.44. The predicted molar refractivity (Wildman–Crippen MR) is 116 cm³/mol. The van der Waals surface area contributed by atoms with Gasteiger partial charge in [-0.15, -0.1) is 0 Å². The Labute approximate surface area is 177 Å². The van der Waals surface area contributed by atoms with Crippen molar-refractivity contribution in [3.05, 3.63) is 23.8 Å². The molecule has 0 aromatic heterocycles. The average molecular weight is 405 g/mol. The summed E-state index contributed by atoms with van der Waals surface area (Å²) in [6.07, 6.45) is 13.7. The maximum absolute atomic E-state index is 12.3. The van der Waals surface area contributed by atoms with Gasteiger partial charge in [0, 0.05) is 0 Å². The van der Waals surface area contributed by atoms with E-state index in [0.29, 0.717) is 23.3 Å². The van der Waals surface area contributed by atoms with Crippen molar-refractivity contribution in [1.82, 2.24) is 0 Å². The highest BCUT2D eigenvalue weighted by Gasteiger charge is 2.34. The molecule has 0 amide bonds. The van der Waals surface area contributed by atoms with Gasteiger partial charge in [-0.2, -0.15) is 0 Å². The highest BCUT2D eigenvalue weighted by atomic mass is 16.6. The van der Waals surface area contributed by atoms with Crippen LogP contribution in [0.5, 0.6) is 0 Å². The van der Waals surface area contributed by atoms with E-state index < -0.39 is 17.5 Å². The Morgan fingerprint density at radius 3 is 2.34 bits per heavy atom. The summed E-state index contributed by atoms with van der Waals surface area (Å²) in [5.41, 5.74) is 0.279. The van der Waals surface area contributed by atoms with Crippen LogP contribution >= 0.6 is 0 Å². The summed E-state index contributed by atoms with van der Waals surface area (Å²) in [5, 5.41) is 0. The predicted octanol–water partition coefficient (Wildman–Crippen LogP) is 6.01. The van der Waals surface area contributed by atoms with Gasteiger partial charge in [-0.05, 0) is 56.3 Å². The van der Waals surface area contributed by atoms with E-state index in [9.17, 15) is 9.59 Å². The monoisotopic (exact) mass is 404 g/mol. The molecule has 0 spiro atoms. The summed E-state index contributed by atoms with van der Waals surface area (Å²) in [7, 11) is 0. The molecule has 0 aliphatic heterocycles. The van der Waals surface area contributed by atoms with E-state index in [1.54, 1.807) is 0 Å². The van der Waals surface area contributed by atoms with Gasteiger partial charge in [-0.3, -0.25) is 0 Å². The number of esters is 2. The van der Waals surface area contributed by atoms with E-state index in [0.717, 1.165) is 25.7 Å². The minimum absolute atomic E-state index is 0.260. The zero-order chi connectivity index (χ0) is 21.7. The summed E-state index contributed by atoms with van der Waals surface area (Å²) in [4.78, 5) is 24.6. The molecule has 164 valence electrons. The van der Waals surface area contributed by atoms with E-state index >= 15 is 0 Å². The van der Waals surface area contributed by atoms with Gasteiger partial charge in [0.1, 0.15) is 5.60 Å². The third kappa shape index (κ3) is 6.45. The van der Waals surface area contributed by atoms with Gasteiger partial charge in [-0.1, -0.05) is 71.6 Å². The van der Waals surface area contributed by atoms with Gasteiger partial charge in [0.2, 0.25) is 0 Å². The molecule has 4 heteroatoms. The van der Waals surface area contributed by atoms with Gasteiger partial charge in [-0.25, -0.2) is 9.59 Å². The van der Waals surface area contributed by atoms with E-state index in [1.165, 1.54) is 19.3 Å². The highest BCUT2D eigenvalue weighted by Crippen LogP contribution is 2.39.